The van der Waals surface area contributed by atoms with E-state index in [9.17, 15) is 9.59 Å². The van der Waals surface area contributed by atoms with Gasteiger partial charge in [0.05, 0.1) is 10.6 Å². The number of nitrogens with zero attached hydrogens (tertiary/aromatic N) is 1. The maximum Gasteiger partial charge on any atom is 0.264 e. The van der Waals surface area contributed by atoms with E-state index in [-0.39, 0.29) is 11.8 Å². The van der Waals surface area contributed by atoms with Crippen molar-refractivity contribution >= 4 is 46.9 Å². The Hall–Kier alpha value is -2.28. The van der Waals surface area contributed by atoms with Crippen LogP contribution in [0.15, 0.2) is 52.3 Å². The number of rotatable bonds is 7. The Kier molecular flexibility index (Phi) is 7.36. The molecule has 1 N–H and O–H groups in total. The summed E-state index contributed by atoms with van der Waals surface area (Å²) in [7, 11) is 1.72. The number of fused-ring (bicyclic) bond motifs is 1. The third kappa shape index (κ3) is 5.41. The summed E-state index contributed by atoms with van der Waals surface area (Å²) in [4.78, 5) is 28.3. The van der Waals surface area contributed by atoms with Gasteiger partial charge >= 0.3 is 0 Å². The minimum atomic E-state index is -0.157. The summed E-state index contributed by atoms with van der Waals surface area (Å²) >= 11 is 7.44. The van der Waals surface area contributed by atoms with Crippen LogP contribution in [0, 0.1) is 0 Å². The predicted octanol–water partition coefficient (Wildman–Crippen LogP) is 4.61. The second kappa shape index (κ2) is 9.96. The van der Waals surface area contributed by atoms with E-state index in [4.69, 9.17) is 16.3 Å². The van der Waals surface area contributed by atoms with Crippen molar-refractivity contribution in [1.29, 1.82) is 0 Å². The Bertz CT molecular complexity index is 945. The van der Waals surface area contributed by atoms with Crippen LogP contribution in [0.1, 0.15) is 29.3 Å². The largest absolute Gasteiger partial charge is 0.382 e. The van der Waals surface area contributed by atoms with Crippen LogP contribution >= 0.6 is 23.4 Å². The lowest BCUT2D eigenvalue weighted by Gasteiger charge is -2.27. The van der Waals surface area contributed by atoms with Crippen LogP contribution < -0.4 is 10.2 Å². The van der Waals surface area contributed by atoms with Crippen molar-refractivity contribution in [3.8, 4) is 0 Å². The normalized spacial score (nSPS) is 14.8. The first-order valence-electron chi connectivity index (χ1n) is 9.42. The van der Waals surface area contributed by atoms with E-state index in [1.54, 1.807) is 30.1 Å². The van der Waals surface area contributed by atoms with Crippen molar-refractivity contribution in [2.45, 2.75) is 18.2 Å². The van der Waals surface area contributed by atoms with Crippen LogP contribution in [-0.2, 0) is 9.53 Å². The standard InChI is InChI=1S/C22H23ClN2O3S/c1-3-28-11-5-10-24-21(26)16-8-9-19-18(14-16)25(2)22(27)20(29-19)13-15-6-4-7-17(23)12-15/h4,6-9,12-14H,3,5,10-11H2,1-2H3,(H,24,26)/b20-13-. The minimum Gasteiger partial charge on any atom is -0.382 e. The number of thioether (sulfide) groups is 1. The highest BCUT2D eigenvalue weighted by Crippen LogP contribution is 2.42. The van der Waals surface area contributed by atoms with Gasteiger partial charge in [0.2, 0.25) is 0 Å². The summed E-state index contributed by atoms with van der Waals surface area (Å²) in [6.45, 7) is 3.78. The van der Waals surface area contributed by atoms with E-state index in [0.717, 1.165) is 22.6 Å². The molecule has 0 fully saturated rings. The van der Waals surface area contributed by atoms with Crippen molar-refractivity contribution in [3.63, 3.8) is 0 Å². The highest BCUT2D eigenvalue weighted by atomic mass is 35.5. The van der Waals surface area contributed by atoms with Gasteiger partial charge in [0.25, 0.3) is 11.8 Å². The monoisotopic (exact) mass is 430 g/mol. The van der Waals surface area contributed by atoms with Crippen LogP contribution in [0.3, 0.4) is 0 Å². The second-order valence-electron chi connectivity index (χ2n) is 6.52. The molecule has 5 nitrogen and oxygen atoms in total. The molecule has 0 saturated heterocycles. The van der Waals surface area contributed by atoms with Gasteiger partial charge in [-0.25, -0.2) is 0 Å². The molecule has 0 unspecified atom stereocenters. The van der Waals surface area contributed by atoms with Crippen LogP contribution in [0.2, 0.25) is 5.02 Å². The number of carbonyl (C=O) groups is 2. The molecule has 7 heteroatoms. The zero-order chi connectivity index (χ0) is 20.8. The van der Waals surface area contributed by atoms with Crippen molar-refractivity contribution in [2.75, 3.05) is 31.7 Å². The molecule has 29 heavy (non-hydrogen) atoms. The average molecular weight is 431 g/mol. The molecule has 0 aromatic heterocycles. The predicted molar refractivity (Wildman–Crippen MR) is 119 cm³/mol. The van der Waals surface area contributed by atoms with Gasteiger partial charge in [-0.05, 0) is 55.3 Å². The number of benzene rings is 2. The molecule has 0 atom stereocenters. The van der Waals surface area contributed by atoms with Crippen molar-refractivity contribution in [1.82, 2.24) is 5.32 Å². The SMILES string of the molecule is CCOCCCNC(=O)c1ccc2c(c1)N(C)C(=O)/C(=C/c1cccc(Cl)c1)S2. The molecule has 0 radical (unpaired) electrons. The molecule has 0 aliphatic carbocycles. The van der Waals surface area contributed by atoms with Gasteiger partial charge in [0, 0.05) is 42.3 Å². The maximum absolute atomic E-state index is 12.8. The number of carbonyl (C=O) groups excluding carboxylic acids is 2. The summed E-state index contributed by atoms with van der Waals surface area (Å²) in [6.07, 6.45) is 2.59. The molecule has 0 saturated carbocycles. The number of ether oxygens (including phenoxy) is 1. The van der Waals surface area contributed by atoms with Gasteiger partial charge in [0.1, 0.15) is 0 Å². The van der Waals surface area contributed by atoms with Crippen LogP contribution in [0.25, 0.3) is 6.08 Å². The lowest BCUT2D eigenvalue weighted by molar-refractivity contribution is -0.114. The molecule has 1 aliphatic heterocycles. The summed E-state index contributed by atoms with van der Waals surface area (Å²) < 4.78 is 5.27. The zero-order valence-corrected chi connectivity index (χ0v) is 18.0. The van der Waals surface area contributed by atoms with Gasteiger partial charge < -0.3 is 15.0 Å². The number of nitrogens with one attached hydrogen (secondary N) is 1. The number of hydrogen-bond acceptors (Lipinski definition) is 4. The summed E-state index contributed by atoms with van der Waals surface area (Å²) in [6, 6.07) is 12.8. The molecule has 1 aliphatic rings. The smallest absolute Gasteiger partial charge is 0.264 e. The molecule has 1 heterocycles. The third-order valence-corrected chi connectivity index (χ3v) is 5.73. The molecule has 2 aromatic rings. The Morgan fingerprint density at radius 3 is 2.86 bits per heavy atom. The first-order valence-corrected chi connectivity index (χ1v) is 10.6. The van der Waals surface area contributed by atoms with Crippen LogP contribution in [-0.4, -0.2) is 38.6 Å². The van der Waals surface area contributed by atoms with Crippen LogP contribution in [0.5, 0.6) is 0 Å². The fourth-order valence-corrected chi connectivity index (χ4v) is 4.20. The lowest BCUT2D eigenvalue weighted by atomic mass is 10.1. The first-order chi connectivity index (χ1) is 14.0. The molecular weight excluding hydrogens is 408 g/mol. The van der Waals surface area contributed by atoms with Gasteiger partial charge in [-0.1, -0.05) is 35.5 Å². The fourth-order valence-electron chi connectivity index (χ4n) is 2.91. The quantitative estimate of drug-likeness (QED) is 0.515. The van der Waals surface area contributed by atoms with E-state index < -0.39 is 0 Å². The fraction of sp³-hybridized carbons (Fsp3) is 0.273. The van der Waals surface area contributed by atoms with E-state index in [1.807, 2.05) is 37.3 Å². The summed E-state index contributed by atoms with van der Waals surface area (Å²) in [5.41, 5.74) is 2.13. The molecule has 152 valence electrons. The Morgan fingerprint density at radius 1 is 1.28 bits per heavy atom. The Balaban J connectivity index is 1.75. The van der Waals surface area contributed by atoms with Crippen molar-refractivity contribution < 1.29 is 14.3 Å². The maximum atomic E-state index is 12.8. The minimum absolute atomic E-state index is 0.114. The van der Waals surface area contributed by atoms with E-state index in [1.165, 1.54) is 11.8 Å². The van der Waals surface area contributed by atoms with E-state index in [2.05, 4.69) is 5.32 Å². The van der Waals surface area contributed by atoms with Gasteiger partial charge in [-0.3, -0.25) is 9.59 Å². The average Bonchev–Trinajstić information content (AvgIpc) is 2.71. The summed E-state index contributed by atoms with van der Waals surface area (Å²) in [5.74, 6) is -0.271. The molecule has 2 amide bonds. The molecule has 0 bridgehead atoms. The molecule has 0 spiro atoms. The first kappa shape index (κ1) is 21.4. The summed E-state index contributed by atoms with van der Waals surface area (Å²) in [5, 5.41) is 3.51. The highest BCUT2D eigenvalue weighted by molar-refractivity contribution is 8.04. The highest BCUT2D eigenvalue weighted by Gasteiger charge is 2.27. The number of halogens is 1. The zero-order valence-electron chi connectivity index (χ0n) is 16.4. The van der Waals surface area contributed by atoms with Gasteiger partial charge in [0.15, 0.2) is 0 Å². The van der Waals surface area contributed by atoms with Gasteiger partial charge in [-0.2, -0.15) is 0 Å². The number of amides is 2. The molecule has 2 aromatic carbocycles. The third-order valence-electron chi connectivity index (χ3n) is 4.42. The van der Waals surface area contributed by atoms with Crippen molar-refractivity contribution in [2.24, 2.45) is 0 Å². The van der Waals surface area contributed by atoms with E-state index in [0.29, 0.717) is 35.2 Å². The lowest BCUT2D eigenvalue weighted by Crippen LogP contribution is -2.31. The van der Waals surface area contributed by atoms with Crippen molar-refractivity contribution in [3.05, 3.63) is 63.5 Å². The van der Waals surface area contributed by atoms with Gasteiger partial charge in [-0.15, -0.1) is 0 Å². The second-order valence-corrected chi connectivity index (χ2v) is 8.04. The number of likely N-dealkylation sites (N-methyl/N-ethyl adjacent to an activating group) is 1. The van der Waals surface area contributed by atoms with Crippen LogP contribution in [0.4, 0.5) is 5.69 Å². The molecular formula is C22H23ClN2O3S. The topological polar surface area (TPSA) is 58.6 Å². The Morgan fingerprint density at radius 2 is 2.10 bits per heavy atom. The molecule has 3 rings (SSSR count). The number of hydrogen-bond donors (Lipinski definition) is 1. The van der Waals surface area contributed by atoms with E-state index >= 15 is 0 Å². The number of anilines is 1. The Labute approximate surface area is 180 Å².